The number of likely N-dealkylation sites (tertiary alicyclic amines) is 1. The number of aliphatic hydroxyl groups is 1. The Balaban J connectivity index is 0.000000150. The zero-order valence-corrected chi connectivity index (χ0v) is 42.1. The average Bonchev–Trinajstić information content (AvgIpc) is 4.32. The number of rotatable bonds is 15. The number of benzene rings is 4. The molecule has 5 N–H and O–H groups in total. The van der Waals surface area contributed by atoms with Crippen LogP contribution in [0.1, 0.15) is 84.3 Å². The molecule has 0 radical (unpaired) electrons. The first-order valence-corrected chi connectivity index (χ1v) is 24.2. The van der Waals surface area contributed by atoms with Crippen molar-refractivity contribution in [1.29, 1.82) is 0 Å². The standard InChI is InChI=1S/C19H24N4O2.C12H13N3O3.C12H11N3O3.C10H8N2O3/c1-13-21-18(22-25-13)16-4-6-17(7-5-16)19(24)20-8-9-23-11-14-2-3-15(10-14)12-23;2*1-8-14-11(15-18-8)9-2-4-10(5-3-9)12(17)13-6-7-16;1-6-11-9(12-15-6)7-2-4-8(5-3-7)10(13)14/h4-7,14-15H,2-3,8-12H2,1H3,(H,20,24);2-5,16H,6-7H2,1H3,(H,13,17);2-5,7H,6H2,1H3,(H,13,17);2-5H,1H3,(H,13,14). The molecule has 1 aliphatic heterocycles. The largest absolute Gasteiger partial charge is 0.478 e. The Morgan fingerprint density at radius 2 is 0.855 bits per heavy atom. The first kappa shape index (κ1) is 54.7. The Morgan fingerprint density at radius 1 is 0.526 bits per heavy atom. The highest BCUT2D eigenvalue weighted by Crippen LogP contribution is 2.36. The van der Waals surface area contributed by atoms with E-state index in [1.54, 1.807) is 100 Å². The monoisotopic (exact) mass is 1040 g/mol. The van der Waals surface area contributed by atoms with Crippen molar-refractivity contribution in [3.8, 4) is 45.6 Å². The molecule has 3 amide bonds. The van der Waals surface area contributed by atoms with Crippen LogP contribution < -0.4 is 16.0 Å². The third kappa shape index (κ3) is 15.7. The van der Waals surface area contributed by atoms with Gasteiger partial charge in [-0.3, -0.25) is 14.4 Å². The lowest BCUT2D eigenvalue weighted by Crippen LogP contribution is -2.41. The van der Waals surface area contributed by atoms with E-state index < -0.39 is 5.97 Å². The number of amides is 3. The number of carboxylic acid groups (broad SMARTS) is 1. The maximum atomic E-state index is 12.3. The highest BCUT2D eigenvalue weighted by atomic mass is 16.5. The number of aromatic carboxylic acids is 1. The molecule has 23 heteroatoms. The first-order valence-electron chi connectivity index (χ1n) is 24.2. The van der Waals surface area contributed by atoms with Gasteiger partial charge >= 0.3 is 5.97 Å². The van der Waals surface area contributed by atoms with E-state index in [9.17, 15) is 24.0 Å². The number of carbonyl (C=O) groups excluding carboxylic acids is 4. The van der Waals surface area contributed by atoms with Crippen LogP contribution in [-0.4, -0.2) is 132 Å². The fourth-order valence-electron chi connectivity index (χ4n) is 8.18. The van der Waals surface area contributed by atoms with Gasteiger partial charge in [0.25, 0.3) is 17.7 Å². The van der Waals surface area contributed by atoms with Crippen LogP contribution in [0.15, 0.2) is 115 Å². The van der Waals surface area contributed by atoms with Crippen LogP contribution in [0.25, 0.3) is 45.6 Å². The van der Waals surface area contributed by atoms with E-state index in [-0.39, 0.29) is 43.0 Å². The summed E-state index contributed by atoms with van der Waals surface area (Å²) in [5.74, 6) is 4.24. The molecule has 2 fully saturated rings. The summed E-state index contributed by atoms with van der Waals surface area (Å²) in [5.41, 5.74) is 5.01. The fraction of sp³-hybridized carbons (Fsp3) is 0.302. The van der Waals surface area contributed by atoms with Crippen molar-refractivity contribution in [3.05, 3.63) is 143 Å². The molecule has 4 aromatic carbocycles. The lowest BCUT2D eigenvalue weighted by molar-refractivity contribution is -0.107. The summed E-state index contributed by atoms with van der Waals surface area (Å²) in [6, 6.07) is 27.2. The first-order chi connectivity index (χ1) is 36.7. The molecule has 2 aliphatic rings. The second kappa shape index (κ2) is 26.7. The molecule has 76 heavy (non-hydrogen) atoms. The number of carboxylic acids is 1. The zero-order chi connectivity index (χ0) is 54.0. The number of hydrogen-bond acceptors (Lipinski definition) is 19. The van der Waals surface area contributed by atoms with Gasteiger partial charge in [0.1, 0.15) is 6.29 Å². The number of aromatic nitrogens is 8. The summed E-state index contributed by atoms with van der Waals surface area (Å²) in [7, 11) is 0. The quantitative estimate of drug-likeness (QED) is 0.0736. The van der Waals surface area contributed by atoms with E-state index in [2.05, 4.69) is 61.4 Å². The van der Waals surface area contributed by atoms with Crippen molar-refractivity contribution in [3.63, 3.8) is 0 Å². The molecule has 10 rings (SSSR count). The van der Waals surface area contributed by atoms with Crippen LogP contribution in [0.5, 0.6) is 0 Å². The Hall–Kier alpha value is -9.09. The van der Waals surface area contributed by atoms with Gasteiger partial charge in [0.15, 0.2) is 0 Å². The van der Waals surface area contributed by atoms with Crippen LogP contribution in [0, 0.1) is 39.5 Å². The van der Waals surface area contributed by atoms with E-state index in [1.165, 1.54) is 44.5 Å². The van der Waals surface area contributed by atoms with Crippen LogP contribution in [0.4, 0.5) is 0 Å². The molecular formula is C53H56N12O11. The molecule has 23 nitrogen and oxygen atoms in total. The minimum absolute atomic E-state index is 0.00458. The van der Waals surface area contributed by atoms with E-state index in [0.717, 1.165) is 40.6 Å². The van der Waals surface area contributed by atoms with Crippen LogP contribution in [0.3, 0.4) is 0 Å². The lowest BCUT2D eigenvalue weighted by Gasteiger charge is -2.31. The van der Waals surface area contributed by atoms with Crippen molar-refractivity contribution in [1.82, 2.24) is 61.4 Å². The summed E-state index contributed by atoms with van der Waals surface area (Å²) < 4.78 is 19.6. The fourth-order valence-corrected chi connectivity index (χ4v) is 8.18. The second-order valence-corrected chi connectivity index (χ2v) is 17.6. The summed E-state index contributed by atoms with van der Waals surface area (Å²) in [6.07, 6.45) is 4.82. The predicted octanol–water partition coefficient (Wildman–Crippen LogP) is 5.99. The van der Waals surface area contributed by atoms with Gasteiger partial charge in [0.2, 0.25) is 46.9 Å². The van der Waals surface area contributed by atoms with Gasteiger partial charge in [-0.1, -0.05) is 69.2 Å². The van der Waals surface area contributed by atoms with E-state index in [4.69, 9.17) is 28.3 Å². The molecule has 2 bridgehead atoms. The topological polar surface area (TPSA) is 321 Å². The van der Waals surface area contributed by atoms with E-state index in [0.29, 0.717) is 76.4 Å². The van der Waals surface area contributed by atoms with Crippen molar-refractivity contribution < 1.29 is 52.3 Å². The zero-order valence-electron chi connectivity index (χ0n) is 42.1. The normalized spacial score (nSPS) is 14.4. The number of nitrogens with zero attached hydrogens (tertiary/aromatic N) is 9. The van der Waals surface area contributed by atoms with Gasteiger partial charge in [0, 0.05) is 99.4 Å². The molecule has 2 atom stereocenters. The number of hydrogen-bond donors (Lipinski definition) is 5. The summed E-state index contributed by atoms with van der Waals surface area (Å²) in [6.45, 7) is 11.1. The Morgan fingerprint density at radius 3 is 1.16 bits per heavy atom. The molecule has 2 unspecified atom stereocenters. The minimum atomic E-state index is -0.953. The van der Waals surface area contributed by atoms with Crippen LogP contribution in [0.2, 0.25) is 0 Å². The summed E-state index contributed by atoms with van der Waals surface area (Å²) in [4.78, 5) is 75.1. The van der Waals surface area contributed by atoms with Gasteiger partial charge in [0.05, 0.1) is 18.7 Å². The van der Waals surface area contributed by atoms with Crippen molar-refractivity contribution >= 4 is 30.0 Å². The molecule has 1 saturated carbocycles. The minimum Gasteiger partial charge on any atom is -0.478 e. The third-order valence-corrected chi connectivity index (χ3v) is 11.9. The Labute approximate surface area is 435 Å². The number of aliphatic hydroxyl groups excluding tert-OH is 1. The highest BCUT2D eigenvalue weighted by molar-refractivity contribution is 5.96. The maximum absolute atomic E-state index is 12.3. The molecular weight excluding hydrogens is 981 g/mol. The smallest absolute Gasteiger partial charge is 0.335 e. The lowest BCUT2D eigenvalue weighted by atomic mass is 9.99. The number of nitrogens with one attached hydrogen (secondary N) is 3. The SMILES string of the molecule is Cc1nc(-c2ccc(C(=O)NCC=O)cc2)no1.Cc1nc(-c2ccc(C(=O)NCCN3CC4CCC(C4)C3)cc2)no1.Cc1nc(-c2ccc(C(=O)NCCO)cc2)no1.Cc1nc(-c2ccc(C(=O)O)cc2)no1. The highest BCUT2D eigenvalue weighted by Gasteiger charge is 2.32. The van der Waals surface area contributed by atoms with Crippen LogP contribution in [-0.2, 0) is 4.79 Å². The molecule has 8 aromatic rings. The molecule has 394 valence electrons. The van der Waals surface area contributed by atoms with Crippen molar-refractivity contribution in [2.24, 2.45) is 11.8 Å². The molecule has 0 spiro atoms. The number of aryl methyl sites for hydroxylation is 4. The van der Waals surface area contributed by atoms with Gasteiger partial charge < -0.3 is 54.0 Å². The molecule has 5 heterocycles. The van der Waals surface area contributed by atoms with Crippen molar-refractivity contribution in [2.75, 3.05) is 45.9 Å². The second-order valence-electron chi connectivity index (χ2n) is 17.6. The van der Waals surface area contributed by atoms with Gasteiger partial charge in [-0.25, -0.2) is 4.79 Å². The molecule has 1 saturated heterocycles. The third-order valence-electron chi connectivity index (χ3n) is 11.9. The van der Waals surface area contributed by atoms with E-state index in [1.807, 2.05) is 12.1 Å². The Kier molecular flexibility index (Phi) is 19.2. The average molecular weight is 1040 g/mol. The number of aldehydes is 1. The van der Waals surface area contributed by atoms with Gasteiger partial charge in [-0.05, 0) is 79.6 Å². The number of fused-ring (bicyclic) bond motifs is 2. The maximum Gasteiger partial charge on any atom is 0.335 e. The summed E-state index contributed by atoms with van der Waals surface area (Å²) in [5, 5.41) is 40.6. The molecule has 4 aromatic heterocycles. The summed E-state index contributed by atoms with van der Waals surface area (Å²) >= 11 is 0. The van der Waals surface area contributed by atoms with E-state index >= 15 is 0 Å². The number of piperidine rings is 1. The molecule has 1 aliphatic carbocycles. The van der Waals surface area contributed by atoms with Gasteiger partial charge in [-0.2, -0.15) is 19.9 Å². The van der Waals surface area contributed by atoms with Crippen molar-refractivity contribution in [2.45, 2.75) is 47.0 Å². The predicted molar refractivity (Wildman–Crippen MR) is 272 cm³/mol. The van der Waals surface area contributed by atoms with Gasteiger partial charge in [-0.15, -0.1) is 0 Å². The Bertz CT molecular complexity index is 3160. The number of carbonyl (C=O) groups is 5. The van der Waals surface area contributed by atoms with Crippen LogP contribution >= 0.6 is 0 Å².